The predicted molar refractivity (Wildman–Crippen MR) is 82.0 cm³/mol. The number of hydrogen-bond donors (Lipinski definition) is 2. The minimum atomic E-state index is -0.992. The van der Waals surface area contributed by atoms with E-state index in [0.29, 0.717) is 11.0 Å². The summed E-state index contributed by atoms with van der Waals surface area (Å²) in [5, 5.41) is 9.10. The Bertz CT molecular complexity index is 698. The van der Waals surface area contributed by atoms with Crippen LogP contribution in [0.25, 0.3) is 11.0 Å². The highest BCUT2D eigenvalue weighted by atomic mass is 16.4. The average Bonchev–Trinajstić information content (AvgIpc) is 2.79. The fourth-order valence-electron chi connectivity index (χ4n) is 2.63. The number of imidazole rings is 1. The number of hydrogen-bond acceptors (Lipinski definition) is 3. The molecule has 2 N–H and O–H groups in total. The van der Waals surface area contributed by atoms with Crippen LogP contribution in [-0.2, 0) is 0 Å². The average molecular weight is 291 g/mol. The second-order valence-electron chi connectivity index (χ2n) is 5.17. The van der Waals surface area contributed by atoms with Crippen LogP contribution in [-0.4, -0.2) is 45.2 Å². The van der Waals surface area contributed by atoms with Crippen LogP contribution in [0.15, 0.2) is 23.0 Å². The lowest BCUT2D eigenvalue weighted by Crippen LogP contribution is -2.32. The van der Waals surface area contributed by atoms with Gasteiger partial charge in [0, 0.05) is 12.6 Å². The fraction of sp³-hybridized carbons (Fsp3) is 0.467. The van der Waals surface area contributed by atoms with E-state index in [2.05, 4.69) is 23.7 Å². The lowest BCUT2D eigenvalue weighted by Gasteiger charge is -2.23. The van der Waals surface area contributed by atoms with Gasteiger partial charge in [0.15, 0.2) is 0 Å². The second-order valence-corrected chi connectivity index (χ2v) is 5.17. The zero-order chi connectivity index (χ0) is 15.6. The van der Waals surface area contributed by atoms with Crippen molar-refractivity contribution < 1.29 is 9.90 Å². The predicted octanol–water partition coefficient (Wildman–Crippen LogP) is 1.93. The first-order valence-corrected chi connectivity index (χ1v) is 7.17. The van der Waals surface area contributed by atoms with E-state index in [1.807, 2.05) is 6.92 Å². The minimum absolute atomic E-state index is 0.0322. The number of aromatic amines is 1. The summed E-state index contributed by atoms with van der Waals surface area (Å²) >= 11 is 0. The molecule has 2 rings (SSSR count). The van der Waals surface area contributed by atoms with Crippen molar-refractivity contribution in [2.24, 2.45) is 0 Å². The number of likely N-dealkylation sites (N-methyl/N-ethyl adjacent to an activating group) is 1. The van der Waals surface area contributed by atoms with E-state index >= 15 is 0 Å². The summed E-state index contributed by atoms with van der Waals surface area (Å²) in [5.41, 5.74) is 1.29. The zero-order valence-corrected chi connectivity index (χ0v) is 12.6. The summed E-state index contributed by atoms with van der Waals surface area (Å²) in [5.74, 6) is -0.992. The molecular formula is C15H21N3O3. The van der Waals surface area contributed by atoms with Gasteiger partial charge in [-0.25, -0.2) is 9.59 Å². The number of nitrogens with zero attached hydrogens (tertiary/aromatic N) is 2. The molecule has 1 aromatic heterocycles. The number of carboxylic acid groups (broad SMARTS) is 1. The maximum absolute atomic E-state index is 12.2. The van der Waals surface area contributed by atoms with Crippen molar-refractivity contribution >= 4 is 17.0 Å². The number of aromatic carboxylic acids is 1. The number of carbonyl (C=O) groups is 1. The Morgan fingerprint density at radius 2 is 2.05 bits per heavy atom. The molecule has 114 valence electrons. The van der Waals surface area contributed by atoms with E-state index in [-0.39, 0.29) is 17.3 Å². The van der Waals surface area contributed by atoms with Crippen LogP contribution in [0.2, 0.25) is 0 Å². The molecule has 0 saturated carbocycles. The molecule has 0 saturated heterocycles. The molecule has 0 radical (unpaired) electrons. The molecule has 0 aliphatic carbocycles. The Morgan fingerprint density at radius 3 is 2.62 bits per heavy atom. The van der Waals surface area contributed by atoms with Crippen LogP contribution in [0.3, 0.4) is 0 Å². The van der Waals surface area contributed by atoms with E-state index in [1.165, 1.54) is 6.07 Å². The minimum Gasteiger partial charge on any atom is -0.478 e. The van der Waals surface area contributed by atoms with Gasteiger partial charge < -0.3 is 15.0 Å². The van der Waals surface area contributed by atoms with Gasteiger partial charge in [-0.1, -0.05) is 13.8 Å². The molecule has 1 aromatic carbocycles. The third-order valence-corrected chi connectivity index (χ3v) is 3.82. The van der Waals surface area contributed by atoms with Crippen molar-refractivity contribution in [3.63, 3.8) is 0 Å². The monoisotopic (exact) mass is 291 g/mol. The van der Waals surface area contributed by atoms with Gasteiger partial charge in [-0.15, -0.1) is 0 Å². The third kappa shape index (κ3) is 3.00. The van der Waals surface area contributed by atoms with Crippen molar-refractivity contribution in [2.45, 2.75) is 26.8 Å². The number of nitrogens with one attached hydrogen (secondary N) is 1. The van der Waals surface area contributed by atoms with E-state index in [4.69, 9.17) is 5.11 Å². The van der Waals surface area contributed by atoms with E-state index < -0.39 is 5.97 Å². The summed E-state index contributed by atoms with van der Waals surface area (Å²) in [7, 11) is 0. The van der Waals surface area contributed by atoms with Crippen LogP contribution in [0, 0.1) is 0 Å². The summed E-state index contributed by atoms with van der Waals surface area (Å²) in [4.78, 5) is 28.3. The summed E-state index contributed by atoms with van der Waals surface area (Å²) in [6.07, 6.45) is 0. The van der Waals surface area contributed by atoms with Crippen LogP contribution in [0.5, 0.6) is 0 Å². The molecule has 6 heteroatoms. The molecule has 1 heterocycles. The lowest BCUT2D eigenvalue weighted by molar-refractivity contribution is 0.0697. The number of aromatic nitrogens is 2. The molecule has 0 spiro atoms. The second kappa shape index (κ2) is 6.13. The molecule has 1 atom stereocenters. The van der Waals surface area contributed by atoms with Gasteiger partial charge in [0.05, 0.1) is 16.6 Å². The lowest BCUT2D eigenvalue weighted by atomic mass is 10.2. The first-order valence-electron chi connectivity index (χ1n) is 7.17. The highest BCUT2D eigenvalue weighted by Crippen LogP contribution is 2.17. The van der Waals surface area contributed by atoms with Crippen molar-refractivity contribution in [2.75, 3.05) is 19.6 Å². The van der Waals surface area contributed by atoms with E-state index in [1.54, 1.807) is 16.7 Å². The van der Waals surface area contributed by atoms with Crippen LogP contribution in [0.1, 0.15) is 37.2 Å². The van der Waals surface area contributed by atoms with Crippen LogP contribution >= 0.6 is 0 Å². The Morgan fingerprint density at radius 1 is 1.38 bits per heavy atom. The topological polar surface area (TPSA) is 78.3 Å². The van der Waals surface area contributed by atoms with Gasteiger partial charge in [-0.3, -0.25) is 4.57 Å². The first-order chi connectivity index (χ1) is 9.97. The van der Waals surface area contributed by atoms with Gasteiger partial charge in [0.1, 0.15) is 0 Å². The number of fused-ring (bicyclic) bond motifs is 1. The Hall–Kier alpha value is -2.08. The molecule has 0 fully saturated rings. The number of rotatable bonds is 6. The van der Waals surface area contributed by atoms with Gasteiger partial charge in [-0.2, -0.15) is 0 Å². The van der Waals surface area contributed by atoms with E-state index in [0.717, 1.165) is 19.6 Å². The molecule has 6 nitrogen and oxygen atoms in total. The number of carboxylic acids is 1. The molecule has 0 aliphatic heterocycles. The quantitative estimate of drug-likeness (QED) is 0.852. The maximum Gasteiger partial charge on any atom is 0.335 e. The Balaban J connectivity index is 2.46. The Kier molecular flexibility index (Phi) is 4.47. The van der Waals surface area contributed by atoms with Crippen LogP contribution < -0.4 is 5.69 Å². The highest BCUT2D eigenvalue weighted by Gasteiger charge is 2.16. The normalized spacial score (nSPS) is 13.0. The highest BCUT2D eigenvalue weighted by molar-refractivity contribution is 5.92. The molecule has 0 bridgehead atoms. The zero-order valence-electron chi connectivity index (χ0n) is 12.6. The molecule has 21 heavy (non-hydrogen) atoms. The van der Waals surface area contributed by atoms with Crippen molar-refractivity contribution in [1.29, 1.82) is 0 Å². The van der Waals surface area contributed by atoms with Gasteiger partial charge >= 0.3 is 11.7 Å². The molecule has 0 aliphatic rings. The molecule has 2 aromatic rings. The number of H-pyrrole nitrogens is 1. The smallest absolute Gasteiger partial charge is 0.335 e. The maximum atomic E-state index is 12.2. The van der Waals surface area contributed by atoms with Crippen molar-refractivity contribution in [1.82, 2.24) is 14.5 Å². The standard InChI is InChI=1S/C15H21N3O3/c1-4-17(5-2)9-10(3)18-13-8-11(14(19)20)6-7-12(13)16-15(18)21/h6-8,10H,4-5,9H2,1-3H3,(H,16,21)(H,19,20). The SMILES string of the molecule is CCN(CC)CC(C)n1c(=O)[nH]c2ccc(C(=O)O)cc21. The Labute approximate surface area is 123 Å². The molecule has 0 amide bonds. The molecule has 1 unspecified atom stereocenters. The van der Waals surface area contributed by atoms with Crippen molar-refractivity contribution in [3.8, 4) is 0 Å². The molecular weight excluding hydrogens is 270 g/mol. The summed E-state index contributed by atoms with van der Waals surface area (Å²) in [6.45, 7) is 8.71. The largest absolute Gasteiger partial charge is 0.478 e. The van der Waals surface area contributed by atoms with Gasteiger partial charge in [0.2, 0.25) is 0 Å². The fourth-order valence-corrected chi connectivity index (χ4v) is 2.63. The summed E-state index contributed by atoms with van der Waals surface area (Å²) < 4.78 is 1.64. The summed E-state index contributed by atoms with van der Waals surface area (Å²) in [6, 6.07) is 4.66. The number of benzene rings is 1. The van der Waals surface area contributed by atoms with Gasteiger partial charge in [0.25, 0.3) is 0 Å². The first kappa shape index (κ1) is 15.3. The van der Waals surface area contributed by atoms with Gasteiger partial charge in [-0.05, 0) is 38.2 Å². The van der Waals surface area contributed by atoms with E-state index in [9.17, 15) is 9.59 Å². The van der Waals surface area contributed by atoms with Crippen molar-refractivity contribution in [3.05, 3.63) is 34.2 Å². The van der Waals surface area contributed by atoms with Crippen LogP contribution in [0.4, 0.5) is 0 Å². The third-order valence-electron chi connectivity index (χ3n) is 3.82.